The molecule has 1 nitrogen and oxygen atoms in total. The molecule has 1 atom stereocenters. The monoisotopic (exact) mass is 793 g/mol. The molecule has 0 aromatic heterocycles. The molecular formula is C61H47N. The predicted octanol–water partition coefficient (Wildman–Crippen LogP) is 15.8. The van der Waals surface area contributed by atoms with E-state index < -0.39 is 5.41 Å². The van der Waals surface area contributed by atoms with Gasteiger partial charge in [-0.05, 0) is 125 Å². The Morgan fingerprint density at radius 2 is 0.742 bits per heavy atom. The van der Waals surface area contributed by atoms with E-state index in [-0.39, 0.29) is 10.8 Å². The smallest absolute Gasteiger partial charge is 0.0720 e. The molecular weight excluding hydrogens is 747 g/mol. The van der Waals surface area contributed by atoms with E-state index in [0.717, 1.165) is 17.1 Å². The zero-order valence-corrected chi connectivity index (χ0v) is 35.7. The number of hydrogen-bond acceptors (Lipinski definition) is 1. The van der Waals surface area contributed by atoms with Crippen LogP contribution < -0.4 is 4.90 Å². The summed E-state index contributed by atoms with van der Waals surface area (Å²) in [7, 11) is 0. The number of hydrogen-bond donors (Lipinski definition) is 0. The first-order valence-electron chi connectivity index (χ1n) is 22.0. The van der Waals surface area contributed by atoms with Crippen molar-refractivity contribution < 1.29 is 0 Å². The second kappa shape index (κ2) is 13.4. The van der Waals surface area contributed by atoms with Gasteiger partial charge in [-0.2, -0.15) is 0 Å². The van der Waals surface area contributed by atoms with Crippen LogP contribution in [0.3, 0.4) is 0 Å². The Hall–Kier alpha value is -7.22. The van der Waals surface area contributed by atoms with Gasteiger partial charge >= 0.3 is 0 Å². The normalized spacial score (nSPS) is 16.7. The van der Waals surface area contributed by atoms with Crippen molar-refractivity contribution in [3.63, 3.8) is 0 Å². The first-order valence-corrected chi connectivity index (χ1v) is 22.0. The first kappa shape index (κ1) is 36.6. The lowest BCUT2D eigenvalue weighted by Crippen LogP contribution is -2.40. The molecule has 1 unspecified atom stereocenters. The maximum Gasteiger partial charge on any atom is 0.0720 e. The van der Waals surface area contributed by atoms with Gasteiger partial charge in [0.05, 0.1) is 5.41 Å². The van der Waals surface area contributed by atoms with Gasteiger partial charge < -0.3 is 4.90 Å². The molecule has 0 N–H and O–H groups in total. The largest absolute Gasteiger partial charge is 0.310 e. The summed E-state index contributed by atoms with van der Waals surface area (Å²) in [5, 5.41) is 0. The van der Waals surface area contributed by atoms with Gasteiger partial charge in [0.15, 0.2) is 0 Å². The molecule has 0 heterocycles. The van der Waals surface area contributed by atoms with Gasteiger partial charge in [-0.1, -0.05) is 204 Å². The van der Waals surface area contributed by atoms with Crippen LogP contribution in [0.25, 0.3) is 44.5 Å². The summed E-state index contributed by atoms with van der Waals surface area (Å²) in [6, 6.07) is 79.7. The van der Waals surface area contributed by atoms with E-state index in [4.69, 9.17) is 0 Å². The minimum absolute atomic E-state index is 0.133. The Morgan fingerprint density at radius 3 is 1.47 bits per heavy atom. The molecule has 9 aromatic carbocycles. The minimum Gasteiger partial charge on any atom is -0.310 e. The third-order valence-corrected chi connectivity index (χ3v) is 14.6. The van der Waals surface area contributed by atoms with Crippen LogP contribution in [0.4, 0.5) is 17.1 Å². The first-order chi connectivity index (χ1) is 30.3. The quantitative estimate of drug-likeness (QED) is 0.168. The lowest BCUT2D eigenvalue weighted by molar-refractivity contribution is 0.563. The highest BCUT2D eigenvalue weighted by Gasteiger charge is 2.54. The molecule has 0 bridgehead atoms. The molecule has 9 aromatic rings. The van der Waals surface area contributed by atoms with Gasteiger partial charge in [0.1, 0.15) is 0 Å². The third kappa shape index (κ3) is 5.03. The van der Waals surface area contributed by atoms with Gasteiger partial charge in [-0.25, -0.2) is 0 Å². The van der Waals surface area contributed by atoms with Crippen molar-refractivity contribution in [2.75, 3.05) is 4.90 Å². The topological polar surface area (TPSA) is 3.24 Å². The molecule has 3 aliphatic rings. The highest BCUT2D eigenvalue weighted by Crippen LogP contribution is 2.64. The van der Waals surface area contributed by atoms with Crippen LogP contribution in [-0.4, -0.2) is 0 Å². The summed E-state index contributed by atoms with van der Waals surface area (Å²) >= 11 is 0. The molecule has 0 fully saturated rings. The Balaban J connectivity index is 1.13. The van der Waals surface area contributed by atoms with Crippen LogP contribution in [0.1, 0.15) is 72.2 Å². The fourth-order valence-corrected chi connectivity index (χ4v) is 11.7. The van der Waals surface area contributed by atoms with E-state index in [1.165, 1.54) is 89.0 Å². The average molecular weight is 794 g/mol. The van der Waals surface area contributed by atoms with Gasteiger partial charge in [0.2, 0.25) is 0 Å². The maximum absolute atomic E-state index is 2.55. The molecule has 12 rings (SSSR count). The second-order valence-electron chi connectivity index (χ2n) is 18.4. The zero-order valence-electron chi connectivity index (χ0n) is 35.7. The van der Waals surface area contributed by atoms with Gasteiger partial charge in [-0.3, -0.25) is 0 Å². The van der Waals surface area contributed by atoms with Gasteiger partial charge in [0.25, 0.3) is 0 Å². The van der Waals surface area contributed by atoms with Crippen molar-refractivity contribution in [1.82, 2.24) is 0 Å². The van der Waals surface area contributed by atoms with Crippen LogP contribution in [0.5, 0.6) is 0 Å². The van der Waals surface area contributed by atoms with Crippen LogP contribution in [0.15, 0.2) is 212 Å². The number of benzene rings is 9. The van der Waals surface area contributed by atoms with Gasteiger partial charge in [0, 0.05) is 27.9 Å². The van der Waals surface area contributed by atoms with E-state index in [2.05, 4.69) is 245 Å². The molecule has 1 heteroatoms. The zero-order chi connectivity index (χ0) is 41.8. The highest BCUT2D eigenvalue weighted by atomic mass is 15.1. The number of rotatable bonds is 5. The maximum atomic E-state index is 2.55. The molecule has 0 saturated heterocycles. The van der Waals surface area contributed by atoms with Crippen LogP contribution in [0, 0.1) is 0 Å². The lowest BCUT2D eigenvalue weighted by Gasteiger charge is -2.47. The summed E-state index contributed by atoms with van der Waals surface area (Å²) in [6.07, 6.45) is 0. The number of fused-ring (bicyclic) bond motifs is 12. The Labute approximate surface area is 365 Å². The van der Waals surface area contributed by atoms with Crippen molar-refractivity contribution in [2.24, 2.45) is 0 Å². The van der Waals surface area contributed by atoms with Crippen molar-refractivity contribution in [3.8, 4) is 44.5 Å². The number of anilines is 3. The number of nitrogens with zero attached hydrogens (tertiary/aromatic N) is 1. The van der Waals surface area contributed by atoms with Crippen molar-refractivity contribution in [1.29, 1.82) is 0 Å². The molecule has 0 radical (unpaired) electrons. The summed E-state index contributed by atoms with van der Waals surface area (Å²) in [5.41, 5.74) is 23.6. The molecule has 0 aliphatic heterocycles. The average Bonchev–Trinajstić information content (AvgIpc) is 3.75. The van der Waals surface area contributed by atoms with Crippen LogP contribution in [-0.2, 0) is 16.2 Å². The predicted molar refractivity (Wildman–Crippen MR) is 259 cm³/mol. The van der Waals surface area contributed by atoms with E-state index in [9.17, 15) is 0 Å². The highest BCUT2D eigenvalue weighted by molar-refractivity contribution is 5.97. The molecule has 3 aliphatic carbocycles. The summed E-state index contributed by atoms with van der Waals surface area (Å²) in [4.78, 5) is 2.50. The molecule has 0 saturated carbocycles. The molecule has 0 amide bonds. The van der Waals surface area contributed by atoms with Crippen LogP contribution >= 0.6 is 0 Å². The Bertz CT molecular complexity index is 3230. The van der Waals surface area contributed by atoms with Gasteiger partial charge in [-0.15, -0.1) is 0 Å². The fraction of sp³-hybridized carbons (Fsp3) is 0.115. The van der Waals surface area contributed by atoms with E-state index in [1.54, 1.807) is 0 Å². The van der Waals surface area contributed by atoms with Crippen LogP contribution in [0.2, 0.25) is 0 Å². The SMILES string of the molecule is CC1(C)c2ccccc2-c2ccc(N(c3ccc(-c4ccccc4)cc3)c3ccc4c(c3)C3(c5ccccc5-c5c(-c6ccccc6)cccc53)c3ccccc3C4(C)C)cc21. The second-order valence-corrected chi connectivity index (χ2v) is 18.4. The summed E-state index contributed by atoms with van der Waals surface area (Å²) < 4.78 is 0. The standard InChI is InChI=1S/C61H47N/c1-59(2)50-25-13-11-22-47(50)48-36-34-44(38-56(48)59)62(43-32-30-41(31-33-43)40-18-7-5-8-19-40)45-35-37-53-57(39-45)61(54-28-16-15-27-52(54)60(53,3)4)51-26-14-12-23-49(51)58-46(24-17-29-55(58)61)42-20-9-6-10-21-42/h5-39H,1-4H3. The summed E-state index contributed by atoms with van der Waals surface area (Å²) in [6.45, 7) is 9.59. The van der Waals surface area contributed by atoms with E-state index >= 15 is 0 Å². The van der Waals surface area contributed by atoms with Crippen molar-refractivity contribution in [2.45, 2.75) is 43.9 Å². The Morgan fingerprint density at radius 1 is 0.274 bits per heavy atom. The Kier molecular flexibility index (Phi) is 7.91. The summed E-state index contributed by atoms with van der Waals surface area (Å²) in [5.74, 6) is 0. The van der Waals surface area contributed by atoms with Crippen molar-refractivity contribution >= 4 is 17.1 Å². The molecule has 1 spiro atoms. The van der Waals surface area contributed by atoms with E-state index in [0.29, 0.717) is 0 Å². The third-order valence-electron chi connectivity index (χ3n) is 14.6. The fourth-order valence-electron chi connectivity index (χ4n) is 11.7. The molecule has 62 heavy (non-hydrogen) atoms. The minimum atomic E-state index is -0.543. The van der Waals surface area contributed by atoms with Crippen molar-refractivity contribution in [3.05, 3.63) is 257 Å². The van der Waals surface area contributed by atoms with E-state index in [1.807, 2.05) is 0 Å². The molecule has 296 valence electrons. The lowest BCUT2D eigenvalue weighted by atomic mass is 9.55.